The number of ether oxygens (including phenoxy) is 1. The second-order valence-electron chi connectivity index (χ2n) is 3.81. The van der Waals surface area contributed by atoms with Gasteiger partial charge in [0.1, 0.15) is 0 Å². The Hall–Kier alpha value is -2.28. The van der Waals surface area contributed by atoms with Crippen molar-refractivity contribution in [2.24, 2.45) is 0 Å². The van der Waals surface area contributed by atoms with Gasteiger partial charge in [0.05, 0.1) is 0 Å². The number of nitrogens with zero attached hydrogens (tertiary/aromatic N) is 1. The van der Waals surface area contributed by atoms with Gasteiger partial charge in [0.25, 0.3) is 5.78 Å². The molecule has 0 bridgehead atoms. The first kappa shape index (κ1) is 24.0. The van der Waals surface area contributed by atoms with Crippen LogP contribution in [0.15, 0.2) is 12.3 Å². The molecule has 24 heavy (non-hydrogen) atoms. The zero-order valence-corrected chi connectivity index (χ0v) is 11.6. The predicted octanol–water partition coefficient (Wildman–Crippen LogP) is 2.37. The van der Waals surface area contributed by atoms with Crippen LogP contribution in [0.2, 0.25) is 0 Å². The van der Waals surface area contributed by atoms with E-state index < -0.39 is 36.3 Å². The number of alkyl halides is 9. The molecule has 0 rings (SSSR count). The third kappa shape index (κ3) is 11.3. The summed E-state index contributed by atoms with van der Waals surface area (Å²) in [5, 5.41) is 0. The molecule has 0 aromatic rings. The maximum absolute atomic E-state index is 11.5. The summed E-state index contributed by atoms with van der Waals surface area (Å²) >= 11 is 0. The Balaban J connectivity index is 0. The predicted molar refractivity (Wildman–Crippen MR) is 57.1 cm³/mol. The maximum atomic E-state index is 11.5. The highest BCUT2D eigenvalue weighted by Crippen LogP contribution is 2.21. The van der Waals surface area contributed by atoms with Crippen LogP contribution in [-0.2, 0) is 19.1 Å². The molecule has 0 fully saturated rings. The zero-order chi connectivity index (χ0) is 19.9. The number of hydrogen-bond acceptors (Lipinski definition) is 5. The first-order valence-electron chi connectivity index (χ1n) is 5.25. The molecule has 0 unspecified atom stereocenters. The van der Waals surface area contributed by atoms with Gasteiger partial charge in [0, 0.05) is 26.4 Å². The molecule has 0 aliphatic carbocycles. The van der Waals surface area contributed by atoms with Crippen LogP contribution in [0.1, 0.15) is 0 Å². The molecular formula is C10H8F9NO4. The van der Waals surface area contributed by atoms with Crippen molar-refractivity contribution in [1.29, 1.82) is 0 Å². The van der Waals surface area contributed by atoms with E-state index in [2.05, 4.69) is 4.74 Å². The van der Waals surface area contributed by atoms with Crippen molar-refractivity contribution in [3.05, 3.63) is 12.3 Å². The molecule has 0 spiro atoms. The highest BCUT2D eigenvalue weighted by atomic mass is 19.4. The Morgan fingerprint density at radius 2 is 1.08 bits per heavy atom. The van der Waals surface area contributed by atoms with Crippen molar-refractivity contribution < 1.29 is 58.6 Å². The minimum atomic E-state index is -5.62. The molecular weight excluding hydrogens is 369 g/mol. The maximum Gasteiger partial charge on any atom is 0.491 e. The Kier molecular flexibility index (Phi) is 8.53. The number of rotatable bonds is 2. The van der Waals surface area contributed by atoms with Crippen LogP contribution in [0.3, 0.4) is 0 Å². The van der Waals surface area contributed by atoms with Crippen LogP contribution in [0, 0.1) is 0 Å². The van der Waals surface area contributed by atoms with E-state index >= 15 is 0 Å². The van der Waals surface area contributed by atoms with Gasteiger partial charge in [-0.15, -0.1) is 0 Å². The van der Waals surface area contributed by atoms with Gasteiger partial charge in [0.2, 0.25) is 0 Å². The Morgan fingerprint density at radius 3 is 1.29 bits per heavy atom. The summed E-state index contributed by atoms with van der Waals surface area (Å²) < 4.78 is 104. The fourth-order valence-corrected chi connectivity index (χ4v) is 0.511. The largest absolute Gasteiger partial charge is 0.491 e. The van der Waals surface area contributed by atoms with Gasteiger partial charge in [-0.2, -0.15) is 39.5 Å². The topological polar surface area (TPSA) is 63.7 Å². The van der Waals surface area contributed by atoms with Crippen LogP contribution in [0.25, 0.3) is 0 Å². The van der Waals surface area contributed by atoms with Gasteiger partial charge in [-0.1, -0.05) is 0 Å². The summed E-state index contributed by atoms with van der Waals surface area (Å²) in [4.78, 5) is 30.8. The molecule has 0 aliphatic heterocycles. The molecule has 0 atom stereocenters. The smallest absolute Gasteiger partial charge is 0.383 e. The van der Waals surface area contributed by atoms with Gasteiger partial charge in [-0.25, -0.2) is 9.59 Å². The number of carbonyl (C=O) groups excluding carboxylic acids is 3. The van der Waals surface area contributed by atoms with E-state index in [0.29, 0.717) is 6.08 Å². The lowest BCUT2D eigenvalue weighted by Crippen LogP contribution is -2.34. The minimum Gasteiger partial charge on any atom is -0.383 e. The molecule has 0 amide bonds. The average Bonchev–Trinajstić information content (AvgIpc) is 2.32. The standard InChI is InChI=1S/C6H8F3NO.C4F6O3/c1-10(2)4-3-5(11)6(7,8)9;5-3(6,7)1(11)13-2(12)4(8,9)10/h3-4H,1-2H3;. The van der Waals surface area contributed by atoms with Gasteiger partial charge in [0.15, 0.2) is 0 Å². The van der Waals surface area contributed by atoms with E-state index in [4.69, 9.17) is 0 Å². The normalized spacial score (nSPS) is 12.3. The van der Waals surface area contributed by atoms with Crippen molar-refractivity contribution in [1.82, 2.24) is 4.90 Å². The fraction of sp³-hybridized carbons (Fsp3) is 0.500. The molecule has 0 aromatic carbocycles. The van der Waals surface area contributed by atoms with Crippen molar-refractivity contribution in [2.75, 3.05) is 14.1 Å². The highest BCUT2D eigenvalue weighted by Gasteiger charge is 2.49. The number of hydrogen-bond donors (Lipinski definition) is 0. The van der Waals surface area contributed by atoms with Crippen molar-refractivity contribution in [2.45, 2.75) is 18.5 Å². The van der Waals surface area contributed by atoms with E-state index in [1.54, 1.807) is 0 Å². The average molecular weight is 377 g/mol. The van der Waals surface area contributed by atoms with Crippen LogP contribution >= 0.6 is 0 Å². The first-order chi connectivity index (χ1) is 10.4. The van der Waals surface area contributed by atoms with Crippen LogP contribution in [-0.4, -0.2) is 55.2 Å². The van der Waals surface area contributed by atoms with E-state index in [0.717, 1.165) is 6.20 Å². The van der Waals surface area contributed by atoms with E-state index in [1.807, 2.05) is 0 Å². The molecule has 0 saturated carbocycles. The minimum absolute atomic E-state index is 0.486. The summed E-state index contributed by atoms with van der Waals surface area (Å²) in [6, 6.07) is 0. The van der Waals surface area contributed by atoms with E-state index in [9.17, 15) is 53.9 Å². The number of allylic oxidation sites excluding steroid dienone is 1. The fourth-order valence-electron chi connectivity index (χ4n) is 0.511. The third-order valence-electron chi connectivity index (χ3n) is 1.45. The number of ketones is 1. The lowest BCUT2D eigenvalue weighted by Gasteiger charge is -2.06. The lowest BCUT2D eigenvalue weighted by atomic mass is 10.4. The Labute approximate surface area is 127 Å². The van der Waals surface area contributed by atoms with Gasteiger partial charge in [-0.05, 0) is 0 Å². The second-order valence-corrected chi connectivity index (χ2v) is 3.81. The van der Waals surface area contributed by atoms with Crippen molar-refractivity contribution in [3.8, 4) is 0 Å². The first-order valence-corrected chi connectivity index (χ1v) is 5.25. The second kappa shape index (κ2) is 8.54. The van der Waals surface area contributed by atoms with Crippen molar-refractivity contribution in [3.63, 3.8) is 0 Å². The zero-order valence-electron chi connectivity index (χ0n) is 11.6. The lowest BCUT2D eigenvalue weighted by molar-refractivity contribution is -0.221. The van der Waals surface area contributed by atoms with E-state index in [1.165, 1.54) is 19.0 Å². The summed E-state index contributed by atoms with van der Waals surface area (Å²) in [7, 11) is 3.06. The summed E-state index contributed by atoms with van der Waals surface area (Å²) in [5.74, 6) is -8.24. The van der Waals surface area contributed by atoms with Crippen LogP contribution in [0.4, 0.5) is 39.5 Å². The SMILES string of the molecule is CN(C)C=CC(=O)C(F)(F)F.O=C(OC(=O)C(F)(F)F)C(F)(F)F. The number of carbonyl (C=O) groups is 3. The highest BCUT2D eigenvalue weighted by molar-refractivity contribution is 5.94. The quantitative estimate of drug-likeness (QED) is 0.320. The van der Waals surface area contributed by atoms with Crippen molar-refractivity contribution >= 4 is 17.7 Å². The molecule has 0 saturated heterocycles. The summed E-state index contributed by atoms with van der Waals surface area (Å²) in [6.45, 7) is 0. The summed E-state index contributed by atoms with van der Waals surface area (Å²) in [5.41, 5.74) is 0. The van der Waals surface area contributed by atoms with Gasteiger partial charge >= 0.3 is 30.5 Å². The monoisotopic (exact) mass is 377 g/mol. The van der Waals surface area contributed by atoms with Gasteiger partial charge in [-0.3, -0.25) is 4.79 Å². The Morgan fingerprint density at radius 1 is 0.750 bits per heavy atom. The molecule has 0 N–H and O–H groups in total. The molecule has 0 radical (unpaired) electrons. The molecule has 0 aromatic heterocycles. The molecule has 140 valence electrons. The van der Waals surface area contributed by atoms with E-state index in [-0.39, 0.29) is 0 Å². The number of esters is 2. The third-order valence-corrected chi connectivity index (χ3v) is 1.45. The number of halogens is 9. The van der Waals surface area contributed by atoms with Crippen LogP contribution < -0.4 is 0 Å². The van der Waals surface area contributed by atoms with Gasteiger partial charge < -0.3 is 9.64 Å². The molecule has 0 aliphatic rings. The molecule has 0 heterocycles. The Bertz CT molecular complexity index is 464. The van der Waals surface area contributed by atoms with Crippen LogP contribution in [0.5, 0.6) is 0 Å². The molecule has 14 heteroatoms. The molecule has 5 nitrogen and oxygen atoms in total. The summed E-state index contributed by atoms with van der Waals surface area (Å²) in [6.07, 6.45) is -14.5.